The van der Waals surface area contributed by atoms with Crippen molar-refractivity contribution in [3.05, 3.63) is 35.7 Å². The van der Waals surface area contributed by atoms with Crippen LogP contribution >= 0.6 is 0 Å². The molecule has 2 N–H and O–H groups in total. The summed E-state index contributed by atoms with van der Waals surface area (Å²) in [7, 11) is 1.58. The van der Waals surface area contributed by atoms with Crippen LogP contribution in [0.2, 0.25) is 0 Å². The molecule has 2 nitrogen and oxygen atoms in total. The number of hydrogen-bond acceptors (Lipinski definition) is 2. The molecule has 0 aromatic heterocycles. The van der Waals surface area contributed by atoms with E-state index < -0.39 is 0 Å². The van der Waals surface area contributed by atoms with Gasteiger partial charge in [-0.1, -0.05) is 12.2 Å². The second kappa shape index (κ2) is 5.82. The fraction of sp³-hybridized carbons (Fsp3) is 0.429. The van der Waals surface area contributed by atoms with Gasteiger partial charge in [0.05, 0.1) is 7.11 Å². The standard InChI is InChI=1S/C14H20FNO/c1-14(2,16)9-5-4-6-11-10-12(15)7-8-13(11)17-3/h4,6-8,10H,5,9,16H2,1-3H3/b6-4+. The smallest absolute Gasteiger partial charge is 0.126 e. The van der Waals surface area contributed by atoms with Crippen molar-refractivity contribution < 1.29 is 9.13 Å². The van der Waals surface area contributed by atoms with Gasteiger partial charge in [0.2, 0.25) is 0 Å². The molecule has 0 aliphatic heterocycles. The molecule has 0 saturated carbocycles. The molecule has 0 spiro atoms. The fourth-order valence-corrected chi connectivity index (χ4v) is 1.50. The van der Waals surface area contributed by atoms with Crippen molar-refractivity contribution >= 4 is 6.08 Å². The lowest BCUT2D eigenvalue weighted by atomic mass is 10.00. The summed E-state index contributed by atoms with van der Waals surface area (Å²) in [6.45, 7) is 3.98. The molecule has 3 heteroatoms. The Morgan fingerprint density at radius 2 is 2.12 bits per heavy atom. The first-order chi connectivity index (χ1) is 7.92. The van der Waals surface area contributed by atoms with Crippen LogP contribution in [0.25, 0.3) is 6.08 Å². The molecule has 0 fully saturated rings. The number of methoxy groups -OCH3 is 1. The molecule has 1 aromatic rings. The highest BCUT2D eigenvalue weighted by Crippen LogP contribution is 2.21. The number of ether oxygens (including phenoxy) is 1. The Hall–Kier alpha value is -1.35. The van der Waals surface area contributed by atoms with Gasteiger partial charge < -0.3 is 10.5 Å². The lowest BCUT2D eigenvalue weighted by molar-refractivity contribution is 0.412. The Balaban J connectivity index is 2.67. The molecular formula is C14H20FNO. The van der Waals surface area contributed by atoms with Crippen LogP contribution in [0.15, 0.2) is 24.3 Å². The summed E-state index contributed by atoms with van der Waals surface area (Å²) in [5.74, 6) is 0.416. The summed E-state index contributed by atoms with van der Waals surface area (Å²) in [4.78, 5) is 0. The van der Waals surface area contributed by atoms with Gasteiger partial charge >= 0.3 is 0 Å². The van der Waals surface area contributed by atoms with Gasteiger partial charge in [-0.25, -0.2) is 4.39 Å². The van der Waals surface area contributed by atoms with E-state index in [4.69, 9.17) is 10.5 Å². The Labute approximate surface area is 102 Å². The van der Waals surface area contributed by atoms with Crippen LogP contribution < -0.4 is 10.5 Å². The SMILES string of the molecule is COc1ccc(F)cc1/C=C/CCC(C)(C)N. The summed E-state index contributed by atoms with van der Waals surface area (Å²) in [6, 6.07) is 4.48. The van der Waals surface area contributed by atoms with Gasteiger partial charge in [0.1, 0.15) is 11.6 Å². The van der Waals surface area contributed by atoms with Gasteiger partial charge in [0, 0.05) is 11.1 Å². The highest BCUT2D eigenvalue weighted by atomic mass is 19.1. The maximum absolute atomic E-state index is 13.1. The van der Waals surface area contributed by atoms with Crippen molar-refractivity contribution in [2.45, 2.75) is 32.2 Å². The number of benzene rings is 1. The maximum Gasteiger partial charge on any atom is 0.126 e. The largest absolute Gasteiger partial charge is 0.496 e. The highest BCUT2D eigenvalue weighted by molar-refractivity contribution is 5.57. The van der Waals surface area contributed by atoms with Crippen LogP contribution in [0.1, 0.15) is 32.3 Å². The van der Waals surface area contributed by atoms with E-state index >= 15 is 0 Å². The predicted octanol–water partition coefficient (Wildman–Crippen LogP) is 3.37. The third kappa shape index (κ3) is 5.00. The highest BCUT2D eigenvalue weighted by Gasteiger charge is 2.08. The minimum atomic E-state index is -0.260. The van der Waals surface area contributed by atoms with Gasteiger partial charge in [0.15, 0.2) is 0 Å². The summed E-state index contributed by atoms with van der Waals surface area (Å²) >= 11 is 0. The first kappa shape index (κ1) is 13.7. The monoisotopic (exact) mass is 237 g/mol. The van der Waals surface area contributed by atoms with Gasteiger partial charge in [-0.05, 0) is 44.9 Å². The summed E-state index contributed by atoms with van der Waals surface area (Å²) in [5, 5.41) is 0. The van der Waals surface area contributed by atoms with Crippen LogP contribution in [0.3, 0.4) is 0 Å². The van der Waals surface area contributed by atoms with E-state index in [1.54, 1.807) is 13.2 Å². The second-order valence-electron chi connectivity index (χ2n) is 4.82. The molecule has 0 aliphatic rings. The van der Waals surface area contributed by atoms with Crippen LogP contribution in [0, 0.1) is 5.82 Å². The van der Waals surface area contributed by atoms with Crippen LogP contribution in [-0.4, -0.2) is 12.6 Å². The molecule has 0 amide bonds. The normalized spacial score (nSPS) is 12.1. The number of allylic oxidation sites excluding steroid dienone is 1. The van der Waals surface area contributed by atoms with E-state index in [-0.39, 0.29) is 11.4 Å². The molecule has 0 bridgehead atoms. The zero-order chi connectivity index (χ0) is 12.9. The van der Waals surface area contributed by atoms with E-state index in [0.29, 0.717) is 5.75 Å². The van der Waals surface area contributed by atoms with Crippen LogP contribution in [-0.2, 0) is 0 Å². The van der Waals surface area contributed by atoms with E-state index in [2.05, 4.69) is 0 Å². The zero-order valence-electron chi connectivity index (χ0n) is 10.7. The van der Waals surface area contributed by atoms with Gasteiger partial charge in [-0.3, -0.25) is 0 Å². The van der Waals surface area contributed by atoms with Crippen molar-refractivity contribution in [2.75, 3.05) is 7.11 Å². The molecule has 0 radical (unpaired) electrons. The second-order valence-corrected chi connectivity index (χ2v) is 4.82. The Kier molecular flexibility index (Phi) is 4.70. The molecule has 0 aliphatic carbocycles. The van der Waals surface area contributed by atoms with Gasteiger partial charge in [0.25, 0.3) is 0 Å². The molecule has 0 heterocycles. The number of hydrogen-bond donors (Lipinski definition) is 1. The van der Waals surface area contributed by atoms with Crippen LogP contribution in [0.5, 0.6) is 5.75 Å². The Morgan fingerprint density at radius 3 is 2.71 bits per heavy atom. The first-order valence-corrected chi connectivity index (χ1v) is 5.71. The number of halogens is 1. The quantitative estimate of drug-likeness (QED) is 0.852. The molecule has 0 unspecified atom stereocenters. The van der Waals surface area contributed by atoms with E-state index in [0.717, 1.165) is 18.4 Å². The fourth-order valence-electron chi connectivity index (χ4n) is 1.50. The summed E-state index contributed by atoms with van der Waals surface area (Å²) in [5.41, 5.74) is 6.46. The third-order valence-corrected chi connectivity index (χ3v) is 2.44. The maximum atomic E-state index is 13.1. The first-order valence-electron chi connectivity index (χ1n) is 5.71. The van der Waals surface area contributed by atoms with E-state index in [9.17, 15) is 4.39 Å². The average molecular weight is 237 g/mol. The lowest BCUT2D eigenvalue weighted by Crippen LogP contribution is -2.31. The molecule has 94 valence electrons. The van der Waals surface area contributed by atoms with Crippen molar-refractivity contribution in [3.63, 3.8) is 0 Å². The van der Waals surface area contributed by atoms with Crippen molar-refractivity contribution in [1.29, 1.82) is 0 Å². The summed E-state index contributed by atoms with van der Waals surface area (Å²) in [6.07, 6.45) is 5.61. The number of rotatable bonds is 5. The molecule has 1 rings (SSSR count). The zero-order valence-corrected chi connectivity index (χ0v) is 10.7. The van der Waals surface area contributed by atoms with Crippen molar-refractivity contribution in [3.8, 4) is 5.75 Å². The Morgan fingerprint density at radius 1 is 1.41 bits per heavy atom. The average Bonchev–Trinajstić information content (AvgIpc) is 2.23. The molecule has 0 saturated heterocycles. The molecular weight excluding hydrogens is 217 g/mol. The van der Waals surface area contributed by atoms with E-state index in [1.807, 2.05) is 26.0 Å². The third-order valence-electron chi connectivity index (χ3n) is 2.44. The van der Waals surface area contributed by atoms with E-state index in [1.165, 1.54) is 12.1 Å². The minimum Gasteiger partial charge on any atom is -0.496 e. The molecule has 17 heavy (non-hydrogen) atoms. The van der Waals surface area contributed by atoms with Gasteiger partial charge in [-0.15, -0.1) is 0 Å². The molecule has 1 aromatic carbocycles. The van der Waals surface area contributed by atoms with Crippen molar-refractivity contribution in [1.82, 2.24) is 0 Å². The molecule has 0 atom stereocenters. The topological polar surface area (TPSA) is 35.2 Å². The van der Waals surface area contributed by atoms with Crippen molar-refractivity contribution in [2.24, 2.45) is 5.73 Å². The number of nitrogens with two attached hydrogens (primary N) is 1. The summed E-state index contributed by atoms with van der Waals surface area (Å²) < 4.78 is 18.2. The Bertz CT molecular complexity index is 394. The van der Waals surface area contributed by atoms with Crippen LogP contribution in [0.4, 0.5) is 4.39 Å². The lowest BCUT2D eigenvalue weighted by Gasteiger charge is -2.16. The minimum absolute atomic E-state index is 0.170. The van der Waals surface area contributed by atoms with Gasteiger partial charge in [-0.2, -0.15) is 0 Å². The predicted molar refractivity (Wildman–Crippen MR) is 69.5 cm³/mol.